The number of halogens is 2. The van der Waals surface area contributed by atoms with E-state index in [0.717, 1.165) is 37.7 Å². The number of hydrogen-bond donors (Lipinski definition) is 2. The Morgan fingerprint density at radius 1 is 1.11 bits per heavy atom. The van der Waals surface area contributed by atoms with Gasteiger partial charge in [-0.25, -0.2) is 0 Å². The number of hydrogen-bond acceptors (Lipinski definition) is 2. The molecule has 0 amide bonds. The van der Waals surface area contributed by atoms with Crippen LogP contribution in [0.2, 0.25) is 5.02 Å². The van der Waals surface area contributed by atoms with E-state index in [1.807, 2.05) is 44.2 Å². The maximum atomic E-state index is 6.13. The molecule has 0 spiro atoms. The molecule has 0 bridgehead atoms. The first-order valence-corrected chi connectivity index (χ1v) is 6.74. The molecule has 3 N–H and O–H groups in total. The van der Waals surface area contributed by atoms with Gasteiger partial charge in [0.1, 0.15) is 0 Å². The summed E-state index contributed by atoms with van der Waals surface area (Å²) in [5, 5.41) is 4.02. The largest absolute Gasteiger partial charge is 0.397 e. The van der Waals surface area contributed by atoms with Gasteiger partial charge in [0.2, 0.25) is 0 Å². The lowest BCUT2D eigenvalue weighted by Gasteiger charge is -2.13. The Balaban J connectivity index is 2.40. The minimum absolute atomic E-state index is 0.729. The average molecular weight is 326 g/mol. The Bertz CT molecular complexity index is 597. The highest BCUT2D eigenvalue weighted by Gasteiger charge is 2.07. The quantitative estimate of drug-likeness (QED) is 0.759. The van der Waals surface area contributed by atoms with Crippen LogP contribution in [-0.4, -0.2) is 0 Å². The third-order valence-corrected chi connectivity index (χ3v) is 3.91. The van der Waals surface area contributed by atoms with Crippen molar-refractivity contribution in [2.24, 2.45) is 0 Å². The molecule has 2 nitrogen and oxygen atoms in total. The van der Waals surface area contributed by atoms with Gasteiger partial charge in [0, 0.05) is 9.50 Å². The van der Waals surface area contributed by atoms with Crippen LogP contribution in [0.1, 0.15) is 11.1 Å². The summed E-state index contributed by atoms with van der Waals surface area (Å²) in [6.07, 6.45) is 0. The molecule has 0 aliphatic carbocycles. The van der Waals surface area contributed by atoms with Gasteiger partial charge in [-0.15, -0.1) is 0 Å². The molecule has 2 rings (SSSR count). The van der Waals surface area contributed by atoms with Gasteiger partial charge in [-0.05, 0) is 59.1 Å². The summed E-state index contributed by atoms with van der Waals surface area (Å²) in [4.78, 5) is 0. The van der Waals surface area contributed by atoms with Crippen molar-refractivity contribution < 1.29 is 0 Å². The fourth-order valence-electron chi connectivity index (χ4n) is 1.68. The van der Waals surface area contributed by atoms with Crippen molar-refractivity contribution in [1.82, 2.24) is 0 Å². The number of benzene rings is 2. The first-order chi connectivity index (χ1) is 8.49. The monoisotopic (exact) mass is 324 g/mol. The van der Waals surface area contributed by atoms with Gasteiger partial charge in [-0.3, -0.25) is 0 Å². The zero-order valence-corrected chi connectivity index (χ0v) is 12.6. The highest BCUT2D eigenvalue weighted by molar-refractivity contribution is 9.10. The second-order valence-corrected chi connectivity index (χ2v) is 5.50. The summed E-state index contributed by atoms with van der Waals surface area (Å²) in [5.41, 5.74) is 10.7. The van der Waals surface area contributed by atoms with E-state index in [4.69, 9.17) is 17.3 Å². The van der Waals surface area contributed by atoms with Crippen LogP contribution in [0.15, 0.2) is 34.8 Å². The van der Waals surface area contributed by atoms with Crippen molar-refractivity contribution in [3.63, 3.8) is 0 Å². The molecular weight excluding hydrogens is 312 g/mol. The van der Waals surface area contributed by atoms with Gasteiger partial charge in [-0.1, -0.05) is 23.7 Å². The summed E-state index contributed by atoms with van der Waals surface area (Å²) in [7, 11) is 0. The molecule has 0 heterocycles. The number of anilines is 3. The molecule has 0 aliphatic heterocycles. The minimum atomic E-state index is 0.729. The van der Waals surface area contributed by atoms with E-state index < -0.39 is 0 Å². The summed E-state index contributed by atoms with van der Waals surface area (Å²) in [6.45, 7) is 3.95. The Morgan fingerprint density at radius 2 is 1.83 bits per heavy atom. The number of rotatable bonds is 2. The maximum absolute atomic E-state index is 6.13. The van der Waals surface area contributed by atoms with Crippen molar-refractivity contribution in [1.29, 1.82) is 0 Å². The molecule has 0 aromatic heterocycles. The molecule has 4 heteroatoms. The van der Waals surface area contributed by atoms with E-state index >= 15 is 0 Å². The van der Waals surface area contributed by atoms with Crippen LogP contribution < -0.4 is 11.1 Å². The molecule has 0 aliphatic rings. The van der Waals surface area contributed by atoms with Crippen LogP contribution in [0.3, 0.4) is 0 Å². The molecule has 0 fully saturated rings. The van der Waals surface area contributed by atoms with Gasteiger partial charge in [0.25, 0.3) is 0 Å². The van der Waals surface area contributed by atoms with Crippen molar-refractivity contribution in [2.45, 2.75) is 13.8 Å². The van der Waals surface area contributed by atoms with Gasteiger partial charge < -0.3 is 11.1 Å². The summed E-state index contributed by atoms with van der Waals surface area (Å²) in [5.74, 6) is 0. The number of para-hydroxylation sites is 1. The Kier molecular flexibility index (Phi) is 3.83. The van der Waals surface area contributed by atoms with E-state index in [2.05, 4.69) is 21.2 Å². The van der Waals surface area contributed by atoms with Crippen LogP contribution in [-0.2, 0) is 0 Å². The topological polar surface area (TPSA) is 38.0 Å². The zero-order chi connectivity index (χ0) is 13.3. The molecule has 0 atom stereocenters. The third-order valence-electron chi connectivity index (χ3n) is 2.84. The third kappa shape index (κ3) is 2.62. The van der Waals surface area contributed by atoms with E-state index in [-0.39, 0.29) is 0 Å². The van der Waals surface area contributed by atoms with Crippen LogP contribution in [0, 0.1) is 13.8 Å². The van der Waals surface area contributed by atoms with Crippen molar-refractivity contribution in [3.8, 4) is 0 Å². The van der Waals surface area contributed by atoms with E-state index in [1.54, 1.807) is 0 Å². The summed E-state index contributed by atoms with van der Waals surface area (Å²) in [6, 6.07) is 9.78. The highest BCUT2D eigenvalue weighted by Crippen LogP contribution is 2.33. The van der Waals surface area contributed by atoms with Crippen molar-refractivity contribution in [2.75, 3.05) is 11.1 Å². The number of nitrogens with one attached hydrogen (secondary N) is 1. The normalized spacial score (nSPS) is 10.4. The van der Waals surface area contributed by atoms with Gasteiger partial charge in [-0.2, -0.15) is 0 Å². The van der Waals surface area contributed by atoms with Crippen molar-refractivity contribution >= 4 is 44.6 Å². The Hall–Kier alpha value is -1.19. The van der Waals surface area contributed by atoms with Gasteiger partial charge in [0.15, 0.2) is 0 Å². The number of nitrogens with two attached hydrogens (primary N) is 1. The summed E-state index contributed by atoms with van der Waals surface area (Å²) < 4.78 is 0.963. The van der Waals surface area contributed by atoms with E-state index in [9.17, 15) is 0 Å². The average Bonchev–Trinajstić information content (AvgIpc) is 2.32. The van der Waals surface area contributed by atoms with E-state index in [1.165, 1.54) is 0 Å². The molecule has 94 valence electrons. The molecule has 2 aromatic carbocycles. The molecule has 0 radical (unpaired) electrons. The Morgan fingerprint density at radius 3 is 2.56 bits per heavy atom. The fraction of sp³-hybridized carbons (Fsp3) is 0.143. The SMILES string of the molecule is Cc1cc(Br)c(Nc2cccc(C)c2N)cc1Cl. The smallest absolute Gasteiger partial charge is 0.0620 e. The number of nitrogen functional groups attached to an aromatic ring is 1. The van der Waals surface area contributed by atoms with Crippen LogP contribution >= 0.6 is 27.5 Å². The summed E-state index contributed by atoms with van der Waals surface area (Å²) >= 11 is 9.65. The standard InChI is InChI=1S/C14H14BrClN2/c1-8-4-3-5-12(14(8)17)18-13-7-11(16)9(2)6-10(13)15/h3-7,18H,17H2,1-2H3. The lowest BCUT2D eigenvalue weighted by atomic mass is 10.1. The molecule has 0 saturated heterocycles. The van der Waals surface area contributed by atoms with Crippen LogP contribution in [0.4, 0.5) is 17.1 Å². The first kappa shape index (κ1) is 13.2. The zero-order valence-electron chi connectivity index (χ0n) is 10.2. The molecule has 18 heavy (non-hydrogen) atoms. The van der Waals surface area contributed by atoms with Crippen molar-refractivity contribution in [3.05, 3.63) is 51.0 Å². The fourth-order valence-corrected chi connectivity index (χ4v) is 2.40. The lowest BCUT2D eigenvalue weighted by Crippen LogP contribution is -1.99. The Labute approximate surface area is 120 Å². The molecular formula is C14H14BrClN2. The predicted molar refractivity (Wildman–Crippen MR) is 82.8 cm³/mol. The van der Waals surface area contributed by atoms with Gasteiger partial charge in [0.05, 0.1) is 17.1 Å². The minimum Gasteiger partial charge on any atom is -0.397 e. The predicted octanol–water partition coefficient (Wildman–Crippen LogP) is 5.05. The molecule has 0 saturated carbocycles. The first-order valence-electron chi connectivity index (χ1n) is 5.57. The van der Waals surface area contributed by atoms with Crippen LogP contribution in [0.25, 0.3) is 0 Å². The molecule has 0 unspecified atom stereocenters. The second kappa shape index (κ2) is 5.21. The van der Waals surface area contributed by atoms with Crippen LogP contribution in [0.5, 0.6) is 0 Å². The second-order valence-electron chi connectivity index (χ2n) is 4.24. The highest BCUT2D eigenvalue weighted by atomic mass is 79.9. The van der Waals surface area contributed by atoms with Gasteiger partial charge >= 0.3 is 0 Å². The lowest BCUT2D eigenvalue weighted by molar-refractivity contribution is 1.41. The number of aryl methyl sites for hydroxylation is 2. The maximum Gasteiger partial charge on any atom is 0.0620 e. The van der Waals surface area contributed by atoms with E-state index in [0.29, 0.717) is 0 Å². The molecule has 2 aromatic rings.